The Kier molecular flexibility index (Phi) is 2.78. The first kappa shape index (κ1) is 9.86. The van der Waals surface area contributed by atoms with E-state index in [9.17, 15) is 0 Å². The Bertz CT molecular complexity index is 425. The van der Waals surface area contributed by atoms with Gasteiger partial charge < -0.3 is 9.73 Å². The van der Waals surface area contributed by atoms with Crippen molar-refractivity contribution in [2.24, 2.45) is 0 Å². The van der Waals surface area contributed by atoms with Crippen LogP contribution in [0.5, 0.6) is 0 Å². The summed E-state index contributed by atoms with van der Waals surface area (Å²) in [5.41, 5.74) is 0.917. The van der Waals surface area contributed by atoms with Gasteiger partial charge in [-0.1, -0.05) is 0 Å². The summed E-state index contributed by atoms with van der Waals surface area (Å²) < 4.78 is 5.36. The number of aryl methyl sites for hydroxylation is 1. The molecule has 15 heavy (non-hydrogen) atoms. The number of rotatable bonds is 3. The maximum Gasteiger partial charge on any atom is 0.126 e. The molecule has 4 heteroatoms. The van der Waals surface area contributed by atoms with Gasteiger partial charge in [0.15, 0.2) is 0 Å². The summed E-state index contributed by atoms with van der Waals surface area (Å²) in [5, 5.41) is 3.16. The van der Waals surface area contributed by atoms with Crippen LogP contribution in [0.1, 0.15) is 23.3 Å². The zero-order valence-corrected chi connectivity index (χ0v) is 8.77. The van der Waals surface area contributed by atoms with Crippen molar-refractivity contribution in [3.05, 3.63) is 47.9 Å². The zero-order valence-electron chi connectivity index (χ0n) is 8.77. The van der Waals surface area contributed by atoms with Gasteiger partial charge in [0.25, 0.3) is 0 Å². The third kappa shape index (κ3) is 2.05. The summed E-state index contributed by atoms with van der Waals surface area (Å²) in [6.07, 6.45) is 3.42. The van der Waals surface area contributed by atoms with E-state index < -0.39 is 0 Å². The lowest BCUT2D eigenvalue weighted by atomic mass is 10.1. The van der Waals surface area contributed by atoms with Gasteiger partial charge in [-0.15, -0.1) is 0 Å². The fourth-order valence-corrected chi connectivity index (χ4v) is 1.53. The van der Waals surface area contributed by atoms with E-state index in [0.29, 0.717) is 0 Å². The highest BCUT2D eigenvalue weighted by atomic mass is 16.3. The van der Waals surface area contributed by atoms with Gasteiger partial charge in [-0.3, -0.25) is 0 Å². The number of nitrogens with zero attached hydrogens (tertiary/aromatic N) is 2. The SMILES string of the molecule is CNC(c1ccnc(C)n1)c1ccco1. The normalized spacial score (nSPS) is 12.7. The highest BCUT2D eigenvalue weighted by Crippen LogP contribution is 2.19. The topological polar surface area (TPSA) is 51.0 Å². The summed E-state index contributed by atoms with van der Waals surface area (Å²) in [6.45, 7) is 1.87. The second-order valence-electron chi connectivity index (χ2n) is 3.27. The van der Waals surface area contributed by atoms with Gasteiger partial charge >= 0.3 is 0 Å². The molecule has 0 bridgehead atoms. The van der Waals surface area contributed by atoms with Crippen LogP contribution in [0.15, 0.2) is 35.1 Å². The monoisotopic (exact) mass is 203 g/mol. The third-order valence-electron chi connectivity index (χ3n) is 2.21. The zero-order chi connectivity index (χ0) is 10.7. The largest absolute Gasteiger partial charge is 0.467 e. The molecule has 2 heterocycles. The molecule has 2 aromatic rings. The lowest BCUT2D eigenvalue weighted by Crippen LogP contribution is -2.18. The number of aromatic nitrogens is 2. The molecule has 1 unspecified atom stereocenters. The molecule has 78 valence electrons. The van der Waals surface area contributed by atoms with Crippen LogP contribution < -0.4 is 5.32 Å². The van der Waals surface area contributed by atoms with E-state index in [4.69, 9.17) is 4.42 Å². The molecular formula is C11H13N3O. The number of hydrogen-bond acceptors (Lipinski definition) is 4. The Morgan fingerprint density at radius 2 is 2.27 bits per heavy atom. The average Bonchev–Trinajstić information content (AvgIpc) is 2.72. The molecule has 1 atom stereocenters. The molecule has 4 nitrogen and oxygen atoms in total. The molecular weight excluding hydrogens is 190 g/mol. The van der Waals surface area contributed by atoms with Crippen molar-refractivity contribution in [3.8, 4) is 0 Å². The van der Waals surface area contributed by atoms with Gasteiger partial charge in [0, 0.05) is 6.20 Å². The van der Waals surface area contributed by atoms with Crippen LogP contribution in [-0.4, -0.2) is 17.0 Å². The molecule has 0 aliphatic heterocycles. The quantitative estimate of drug-likeness (QED) is 0.824. The average molecular weight is 203 g/mol. The second-order valence-corrected chi connectivity index (χ2v) is 3.27. The van der Waals surface area contributed by atoms with Crippen LogP contribution in [0, 0.1) is 6.92 Å². The first-order valence-electron chi connectivity index (χ1n) is 4.81. The molecule has 0 amide bonds. The Morgan fingerprint density at radius 3 is 2.87 bits per heavy atom. The minimum Gasteiger partial charge on any atom is -0.467 e. The van der Waals surface area contributed by atoms with E-state index in [0.717, 1.165) is 17.3 Å². The summed E-state index contributed by atoms with van der Waals surface area (Å²) in [4.78, 5) is 8.44. The van der Waals surface area contributed by atoms with Crippen molar-refractivity contribution in [2.75, 3.05) is 7.05 Å². The maximum atomic E-state index is 5.36. The van der Waals surface area contributed by atoms with Crippen LogP contribution >= 0.6 is 0 Å². The Labute approximate surface area is 88.4 Å². The van der Waals surface area contributed by atoms with Gasteiger partial charge in [0.05, 0.1) is 12.0 Å². The summed E-state index contributed by atoms with van der Waals surface area (Å²) in [7, 11) is 1.88. The maximum absolute atomic E-state index is 5.36. The molecule has 0 saturated heterocycles. The Balaban J connectivity index is 2.35. The van der Waals surface area contributed by atoms with E-state index in [-0.39, 0.29) is 6.04 Å². The summed E-state index contributed by atoms with van der Waals surface area (Å²) >= 11 is 0. The first-order valence-corrected chi connectivity index (χ1v) is 4.81. The van der Waals surface area contributed by atoms with Gasteiger partial charge in [-0.2, -0.15) is 0 Å². The van der Waals surface area contributed by atoms with Crippen molar-refractivity contribution in [1.82, 2.24) is 15.3 Å². The molecule has 0 aromatic carbocycles. The molecule has 2 rings (SSSR count). The predicted molar refractivity (Wildman–Crippen MR) is 56.4 cm³/mol. The summed E-state index contributed by atoms with van der Waals surface area (Å²) in [5.74, 6) is 1.62. The Morgan fingerprint density at radius 1 is 1.40 bits per heavy atom. The smallest absolute Gasteiger partial charge is 0.126 e. The number of furan rings is 1. The standard InChI is InChI=1S/C11H13N3O/c1-8-13-6-5-9(14-8)11(12-2)10-4-3-7-15-10/h3-7,11-12H,1-2H3. The molecule has 2 aromatic heterocycles. The molecule has 0 saturated carbocycles. The van der Waals surface area contributed by atoms with Crippen molar-refractivity contribution < 1.29 is 4.42 Å². The van der Waals surface area contributed by atoms with Crippen LogP contribution in [-0.2, 0) is 0 Å². The lowest BCUT2D eigenvalue weighted by molar-refractivity contribution is 0.458. The second kappa shape index (κ2) is 4.23. The van der Waals surface area contributed by atoms with Gasteiger partial charge in [-0.05, 0) is 32.2 Å². The van der Waals surface area contributed by atoms with Gasteiger partial charge in [-0.25, -0.2) is 9.97 Å². The summed E-state index contributed by atoms with van der Waals surface area (Å²) in [6, 6.07) is 5.67. The van der Waals surface area contributed by atoms with Crippen molar-refractivity contribution >= 4 is 0 Å². The number of nitrogens with one attached hydrogen (secondary N) is 1. The van der Waals surface area contributed by atoms with E-state index >= 15 is 0 Å². The highest BCUT2D eigenvalue weighted by molar-refractivity contribution is 5.19. The van der Waals surface area contributed by atoms with Crippen LogP contribution in [0.25, 0.3) is 0 Å². The Hall–Kier alpha value is -1.68. The molecule has 0 fully saturated rings. The molecule has 0 aliphatic carbocycles. The molecule has 0 aliphatic rings. The third-order valence-corrected chi connectivity index (χ3v) is 2.21. The van der Waals surface area contributed by atoms with Crippen LogP contribution in [0.3, 0.4) is 0 Å². The fourth-order valence-electron chi connectivity index (χ4n) is 1.53. The van der Waals surface area contributed by atoms with E-state index in [1.165, 1.54) is 0 Å². The first-order chi connectivity index (χ1) is 7.31. The minimum absolute atomic E-state index is 0.0123. The van der Waals surface area contributed by atoms with Crippen LogP contribution in [0.4, 0.5) is 0 Å². The van der Waals surface area contributed by atoms with Crippen molar-refractivity contribution in [3.63, 3.8) is 0 Å². The van der Waals surface area contributed by atoms with E-state index in [1.54, 1.807) is 12.5 Å². The van der Waals surface area contributed by atoms with Crippen molar-refractivity contribution in [2.45, 2.75) is 13.0 Å². The predicted octanol–water partition coefficient (Wildman–Crippen LogP) is 1.69. The lowest BCUT2D eigenvalue weighted by Gasteiger charge is -2.12. The molecule has 0 radical (unpaired) electrons. The van der Waals surface area contributed by atoms with E-state index in [2.05, 4.69) is 15.3 Å². The minimum atomic E-state index is -0.0123. The highest BCUT2D eigenvalue weighted by Gasteiger charge is 2.15. The fraction of sp³-hybridized carbons (Fsp3) is 0.273. The molecule has 0 spiro atoms. The van der Waals surface area contributed by atoms with Crippen molar-refractivity contribution in [1.29, 1.82) is 0 Å². The van der Waals surface area contributed by atoms with Crippen LogP contribution in [0.2, 0.25) is 0 Å². The molecule has 1 N–H and O–H groups in total. The van der Waals surface area contributed by atoms with Gasteiger partial charge in [0.2, 0.25) is 0 Å². The van der Waals surface area contributed by atoms with Gasteiger partial charge in [0.1, 0.15) is 17.6 Å². The van der Waals surface area contributed by atoms with E-state index in [1.807, 2.05) is 32.2 Å². The number of hydrogen-bond donors (Lipinski definition) is 1.